The van der Waals surface area contributed by atoms with Crippen molar-refractivity contribution in [3.8, 4) is 0 Å². The van der Waals surface area contributed by atoms with Crippen molar-refractivity contribution in [1.82, 2.24) is 0 Å². The highest BCUT2D eigenvalue weighted by molar-refractivity contribution is 5.61. The molecule has 8 unspecified atom stereocenters. The zero-order valence-electron chi connectivity index (χ0n) is 9.51. The zero-order valence-corrected chi connectivity index (χ0v) is 9.51. The van der Waals surface area contributed by atoms with Crippen LogP contribution in [-0.2, 0) is 0 Å². The van der Waals surface area contributed by atoms with Crippen LogP contribution in [0.4, 0.5) is 0 Å². The Bertz CT molecular complexity index is 360. The molecule has 8 atom stereocenters. The van der Waals surface area contributed by atoms with Gasteiger partial charge in [-0.2, -0.15) is 0 Å². The molecule has 0 heteroatoms. The van der Waals surface area contributed by atoms with E-state index in [1.165, 1.54) is 17.8 Å². The van der Waals surface area contributed by atoms with E-state index in [-0.39, 0.29) is 0 Å². The number of hydrogen-bond acceptors (Lipinski definition) is 0. The Labute approximate surface area is 86.5 Å². The molecule has 0 aromatic heterocycles. The molecule has 0 heterocycles. The van der Waals surface area contributed by atoms with Crippen LogP contribution in [0.5, 0.6) is 0 Å². The molecule has 0 saturated heterocycles. The molecule has 1 spiro atoms. The first-order chi connectivity index (χ1) is 6.61. The van der Waals surface area contributed by atoms with Gasteiger partial charge in [-0.1, -0.05) is 20.8 Å². The largest absolute Gasteiger partial charge is 0.0622 e. The van der Waals surface area contributed by atoms with Gasteiger partial charge in [0.25, 0.3) is 0 Å². The van der Waals surface area contributed by atoms with Crippen LogP contribution in [0, 0.1) is 45.8 Å². The van der Waals surface area contributed by atoms with Gasteiger partial charge in [0.2, 0.25) is 0 Å². The highest BCUT2D eigenvalue weighted by Crippen LogP contribution is 3.18. The maximum Gasteiger partial charge on any atom is -0.0133 e. The Morgan fingerprint density at radius 2 is 1.64 bits per heavy atom. The number of rotatable bonds is 2. The van der Waals surface area contributed by atoms with E-state index in [0.717, 1.165) is 28.1 Å². The lowest BCUT2D eigenvalue weighted by Crippen LogP contribution is -2.12. The Balaban J connectivity index is 1.40. The molecule has 5 fully saturated rings. The van der Waals surface area contributed by atoms with E-state index < -0.39 is 0 Å². The summed E-state index contributed by atoms with van der Waals surface area (Å²) in [7, 11) is 0. The van der Waals surface area contributed by atoms with Crippen LogP contribution < -0.4 is 0 Å². The van der Waals surface area contributed by atoms with E-state index >= 15 is 0 Å². The topological polar surface area (TPSA) is 0 Å². The van der Waals surface area contributed by atoms with Crippen molar-refractivity contribution >= 4 is 0 Å². The van der Waals surface area contributed by atoms with Crippen LogP contribution in [0.25, 0.3) is 0 Å². The fourth-order valence-electron chi connectivity index (χ4n) is 6.46. The molecule has 0 nitrogen and oxygen atoms in total. The van der Waals surface area contributed by atoms with Gasteiger partial charge in [0.1, 0.15) is 0 Å². The average molecular weight is 188 g/mol. The van der Waals surface area contributed by atoms with E-state index in [1.54, 1.807) is 19.3 Å². The van der Waals surface area contributed by atoms with Crippen LogP contribution in [0.15, 0.2) is 0 Å². The summed E-state index contributed by atoms with van der Waals surface area (Å²) in [5, 5.41) is 0. The maximum atomic E-state index is 2.59. The van der Waals surface area contributed by atoms with E-state index in [2.05, 4.69) is 20.8 Å². The van der Waals surface area contributed by atoms with Crippen LogP contribution in [0.3, 0.4) is 0 Å². The van der Waals surface area contributed by atoms with Crippen molar-refractivity contribution in [3.63, 3.8) is 0 Å². The fraction of sp³-hybridized carbons (Fsp3) is 1.00. The molecule has 0 bridgehead atoms. The minimum Gasteiger partial charge on any atom is -0.0622 e. The molecule has 5 rings (SSSR count). The second-order valence-electron chi connectivity index (χ2n) is 7.43. The molecule has 5 saturated carbocycles. The minimum atomic E-state index is 0.873. The summed E-state index contributed by atoms with van der Waals surface area (Å²) in [5.41, 5.74) is 2.77. The highest BCUT2D eigenvalue weighted by Gasteiger charge is 3.14. The minimum absolute atomic E-state index is 0.873. The predicted molar refractivity (Wildman–Crippen MR) is 55.6 cm³/mol. The highest BCUT2D eigenvalue weighted by atomic mass is 15.2. The number of fused-ring (bicyclic) bond motifs is 1. The molecule has 0 N–H and O–H groups in total. The Hall–Kier alpha value is 0. The third-order valence-corrected chi connectivity index (χ3v) is 7.74. The third kappa shape index (κ3) is 0.390. The van der Waals surface area contributed by atoms with Crippen molar-refractivity contribution in [2.24, 2.45) is 45.8 Å². The van der Waals surface area contributed by atoms with E-state index in [4.69, 9.17) is 0 Å². The average Bonchev–Trinajstić information content (AvgIpc) is 2.89. The van der Waals surface area contributed by atoms with Crippen LogP contribution in [-0.4, -0.2) is 0 Å². The van der Waals surface area contributed by atoms with Gasteiger partial charge in [0, 0.05) is 0 Å². The molecule has 0 aromatic rings. The van der Waals surface area contributed by atoms with Crippen LogP contribution in [0.1, 0.15) is 40.0 Å². The normalized spacial score (nSPS) is 85.5. The zero-order chi connectivity index (χ0) is 9.51. The van der Waals surface area contributed by atoms with Crippen molar-refractivity contribution in [2.75, 3.05) is 0 Å². The maximum absolute atomic E-state index is 2.59. The van der Waals surface area contributed by atoms with Gasteiger partial charge in [-0.25, -0.2) is 0 Å². The molecule has 0 amide bonds. The number of hydrogen-bond donors (Lipinski definition) is 0. The molecular formula is C14H20. The van der Waals surface area contributed by atoms with E-state index in [1.807, 2.05) is 0 Å². The molecule has 0 aromatic carbocycles. The van der Waals surface area contributed by atoms with Gasteiger partial charge >= 0.3 is 0 Å². The molecule has 0 radical (unpaired) electrons. The lowest BCUT2D eigenvalue weighted by atomic mass is 9.87. The van der Waals surface area contributed by atoms with Crippen LogP contribution >= 0.6 is 0 Å². The first-order valence-electron chi connectivity index (χ1n) is 6.61. The first kappa shape index (κ1) is 7.30. The second-order valence-corrected chi connectivity index (χ2v) is 7.43. The SMILES string of the molecule is CC1CC1C1CC1C12CC13C(C)C23C. The van der Waals surface area contributed by atoms with Gasteiger partial charge < -0.3 is 0 Å². The molecule has 76 valence electrons. The molecule has 0 aliphatic heterocycles. The van der Waals surface area contributed by atoms with Gasteiger partial charge in [-0.3, -0.25) is 0 Å². The summed E-state index contributed by atoms with van der Waals surface area (Å²) >= 11 is 0. The monoisotopic (exact) mass is 188 g/mol. The van der Waals surface area contributed by atoms with Crippen molar-refractivity contribution in [2.45, 2.75) is 40.0 Å². The van der Waals surface area contributed by atoms with Gasteiger partial charge in [0.15, 0.2) is 0 Å². The van der Waals surface area contributed by atoms with Gasteiger partial charge in [-0.05, 0) is 65.1 Å². The smallest absolute Gasteiger partial charge is 0.0133 e. The van der Waals surface area contributed by atoms with Crippen molar-refractivity contribution in [1.29, 1.82) is 0 Å². The molecule has 14 heavy (non-hydrogen) atoms. The molecular weight excluding hydrogens is 168 g/mol. The predicted octanol–water partition coefficient (Wildman–Crippen LogP) is 3.32. The molecule has 5 aliphatic rings. The van der Waals surface area contributed by atoms with Crippen LogP contribution in [0.2, 0.25) is 0 Å². The van der Waals surface area contributed by atoms with Crippen molar-refractivity contribution < 1.29 is 0 Å². The second kappa shape index (κ2) is 1.44. The Morgan fingerprint density at radius 3 is 2.07 bits per heavy atom. The Kier molecular flexibility index (Phi) is 0.753. The summed E-state index contributed by atoms with van der Waals surface area (Å²) < 4.78 is 0. The van der Waals surface area contributed by atoms with Gasteiger partial charge in [0.05, 0.1) is 0 Å². The summed E-state index contributed by atoms with van der Waals surface area (Å²) in [6.07, 6.45) is 4.83. The standard InChI is InChI=1S/C14H20/c1-7-4-9(7)10-5-11(10)14-6-13(14)8(2)12(13,14)3/h7-11H,4-6H2,1-3H3. The lowest BCUT2D eigenvalue weighted by Gasteiger charge is -2.17. The summed E-state index contributed by atoms with van der Waals surface area (Å²) in [5.74, 6) is 5.77. The fourth-order valence-corrected chi connectivity index (χ4v) is 6.46. The summed E-state index contributed by atoms with van der Waals surface area (Å²) in [6.45, 7) is 7.55. The quantitative estimate of drug-likeness (QED) is 0.623. The summed E-state index contributed by atoms with van der Waals surface area (Å²) in [6, 6.07) is 0. The first-order valence-corrected chi connectivity index (χ1v) is 6.61. The third-order valence-electron chi connectivity index (χ3n) is 7.74. The molecule has 5 aliphatic carbocycles. The van der Waals surface area contributed by atoms with E-state index in [9.17, 15) is 0 Å². The lowest BCUT2D eigenvalue weighted by molar-refractivity contribution is 0.300. The van der Waals surface area contributed by atoms with E-state index in [0.29, 0.717) is 0 Å². The summed E-state index contributed by atoms with van der Waals surface area (Å²) in [4.78, 5) is 0. The van der Waals surface area contributed by atoms with Crippen molar-refractivity contribution in [3.05, 3.63) is 0 Å². The van der Waals surface area contributed by atoms with Gasteiger partial charge in [-0.15, -0.1) is 0 Å². The Morgan fingerprint density at radius 1 is 1.00 bits per heavy atom.